The smallest absolute Gasteiger partial charge is 0.133 e. The Morgan fingerprint density at radius 2 is 2.24 bits per heavy atom. The van der Waals surface area contributed by atoms with E-state index in [1.807, 2.05) is 18.2 Å². The quantitative estimate of drug-likeness (QED) is 0.819. The number of halogens is 1. The number of nitriles is 1. The molecule has 1 aromatic carbocycles. The maximum Gasteiger partial charge on any atom is 0.133 e. The average Bonchev–Trinajstić information content (AvgIpc) is 2.35. The topological polar surface area (TPSA) is 54.3 Å². The van der Waals surface area contributed by atoms with Crippen LogP contribution in [0.5, 0.6) is 5.75 Å². The standard InChI is InChI=1S/C12H15BrN2O2/c1-16-6-5-15-11(8-14)9-3-4-12(17-2)10(13)7-9/h3-4,7,11,15H,5-6H2,1-2H3. The molecule has 0 saturated heterocycles. The molecule has 1 aromatic rings. The molecular formula is C12H15BrN2O2. The van der Waals surface area contributed by atoms with Crippen LogP contribution >= 0.6 is 15.9 Å². The summed E-state index contributed by atoms with van der Waals surface area (Å²) in [6.45, 7) is 1.22. The van der Waals surface area contributed by atoms with E-state index >= 15 is 0 Å². The van der Waals surface area contributed by atoms with Crippen molar-refractivity contribution >= 4 is 15.9 Å². The van der Waals surface area contributed by atoms with E-state index in [1.165, 1.54) is 0 Å². The number of benzene rings is 1. The number of nitrogens with zero attached hydrogens (tertiary/aromatic N) is 1. The molecule has 0 aromatic heterocycles. The highest BCUT2D eigenvalue weighted by atomic mass is 79.9. The Hall–Kier alpha value is -1.09. The Kier molecular flexibility index (Phi) is 5.98. The zero-order valence-corrected chi connectivity index (χ0v) is 11.5. The van der Waals surface area contributed by atoms with E-state index in [0.29, 0.717) is 13.2 Å². The molecule has 1 atom stereocenters. The zero-order valence-electron chi connectivity index (χ0n) is 9.87. The van der Waals surface area contributed by atoms with E-state index < -0.39 is 0 Å². The van der Waals surface area contributed by atoms with E-state index in [2.05, 4.69) is 27.3 Å². The van der Waals surface area contributed by atoms with Gasteiger partial charge in [0.15, 0.2) is 0 Å². The van der Waals surface area contributed by atoms with Gasteiger partial charge in [0.05, 0.1) is 24.3 Å². The molecule has 0 radical (unpaired) electrons. The largest absolute Gasteiger partial charge is 0.496 e. The van der Waals surface area contributed by atoms with Gasteiger partial charge in [-0.05, 0) is 33.6 Å². The third kappa shape index (κ3) is 4.00. The van der Waals surface area contributed by atoms with Crippen molar-refractivity contribution in [1.82, 2.24) is 5.32 Å². The van der Waals surface area contributed by atoms with E-state index in [4.69, 9.17) is 14.7 Å². The number of methoxy groups -OCH3 is 2. The van der Waals surface area contributed by atoms with Crippen molar-refractivity contribution in [3.05, 3.63) is 28.2 Å². The normalized spacial score (nSPS) is 11.9. The second-order valence-corrected chi connectivity index (χ2v) is 4.26. The Bertz CT molecular complexity index is 404. The van der Waals surface area contributed by atoms with Gasteiger partial charge in [0.25, 0.3) is 0 Å². The maximum atomic E-state index is 9.10. The average molecular weight is 299 g/mol. The van der Waals surface area contributed by atoms with Gasteiger partial charge in [0.1, 0.15) is 11.8 Å². The van der Waals surface area contributed by atoms with Crippen molar-refractivity contribution in [3.63, 3.8) is 0 Å². The first kappa shape index (κ1) is 14.0. The van der Waals surface area contributed by atoms with Crippen molar-refractivity contribution in [2.24, 2.45) is 0 Å². The third-order valence-corrected chi connectivity index (χ3v) is 2.91. The molecule has 0 saturated carbocycles. The first-order valence-corrected chi connectivity index (χ1v) is 5.97. The summed E-state index contributed by atoms with van der Waals surface area (Å²) in [5.41, 5.74) is 0.899. The summed E-state index contributed by atoms with van der Waals surface area (Å²) in [6.07, 6.45) is 0. The van der Waals surface area contributed by atoms with E-state index in [0.717, 1.165) is 15.8 Å². The molecule has 0 fully saturated rings. The number of ether oxygens (including phenoxy) is 2. The molecule has 1 rings (SSSR count). The second-order valence-electron chi connectivity index (χ2n) is 3.40. The van der Waals surface area contributed by atoms with Crippen molar-refractivity contribution in [2.45, 2.75) is 6.04 Å². The lowest BCUT2D eigenvalue weighted by atomic mass is 10.1. The first-order valence-electron chi connectivity index (χ1n) is 5.18. The fourth-order valence-corrected chi connectivity index (χ4v) is 1.96. The van der Waals surface area contributed by atoms with Crippen LogP contribution in [0.15, 0.2) is 22.7 Å². The van der Waals surface area contributed by atoms with E-state index in [-0.39, 0.29) is 6.04 Å². The van der Waals surface area contributed by atoms with Gasteiger partial charge in [0.2, 0.25) is 0 Å². The van der Waals surface area contributed by atoms with Gasteiger partial charge in [0, 0.05) is 13.7 Å². The molecule has 92 valence electrons. The van der Waals surface area contributed by atoms with Gasteiger partial charge < -0.3 is 9.47 Å². The number of rotatable bonds is 6. The predicted octanol–water partition coefficient (Wildman–Crippen LogP) is 2.26. The van der Waals surface area contributed by atoms with Gasteiger partial charge in [-0.25, -0.2) is 0 Å². The Morgan fingerprint density at radius 1 is 1.47 bits per heavy atom. The van der Waals surface area contributed by atoms with Crippen LogP contribution in [-0.2, 0) is 4.74 Å². The summed E-state index contributed by atoms with van der Waals surface area (Å²) in [6, 6.07) is 7.46. The monoisotopic (exact) mass is 298 g/mol. The highest BCUT2D eigenvalue weighted by molar-refractivity contribution is 9.10. The molecule has 17 heavy (non-hydrogen) atoms. The summed E-state index contributed by atoms with van der Waals surface area (Å²) in [5.74, 6) is 0.752. The summed E-state index contributed by atoms with van der Waals surface area (Å²) < 4.78 is 10.9. The second kappa shape index (κ2) is 7.28. The van der Waals surface area contributed by atoms with Crippen LogP contribution in [-0.4, -0.2) is 27.4 Å². The Labute approximate surface area is 110 Å². The van der Waals surface area contributed by atoms with Gasteiger partial charge in [-0.3, -0.25) is 5.32 Å². The van der Waals surface area contributed by atoms with Crippen LogP contribution in [0.25, 0.3) is 0 Å². The molecule has 0 aliphatic rings. The molecule has 0 heterocycles. The molecule has 0 amide bonds. The van der Waals surface area contributed by atoms with Crippen molar-refractivity contribution in [3.8, 4) is 11.8 Å². The van der Waals surface area contributed by atoms with Crippen LogP contribution < -0.4 is 10.1 Å². The van der Waals surface area contributed by atoms with Crippen LogP contribution in [0.2, 0.25) is 0 Å². The Balaban J connectivity index is 2.75. The predicted molar refractivity (Wildman–Crippen MR) is 68.9 cm³/mol. The van der Waals surface area contributed by atoms with Gasteiger partial charge >= 0.3 is 0 Å². The maximum absolute atomic E-state index is 9.10. The molecule has 1 N–H and O–H groups in total. The number of hydrogen-bond acceptors (Lipinski definition) is 4. The van der Waals surface area contributed by atoms with Crippen molar-refractivity contribution in [1.29, 1.82) is 5.26 Å². The molecule has 0 spiro atoms. The molecule has 1 unspecified atom stereocenters. The van der Waals surface area contributed by atoms with Crippen molar-refractivity contribution in [2.75, 3.05) is 27.4 Å². The SMILES string of the molecule is COCCNC(C#N)c1ccc(OC)c(Br)c1. The summed E-state index contributed by atoms with van der Waals surface area (Å²) >= 11 is 3.40. The molecule has 0 aliphatic carbocycles. The van der Waals surface area contributed by atoms with Gasteiger partial charge in [-0.1, -0.05) is 6.07 Å². The minimum absolute atomic E-state index is 0.340. The van der Waals surface area contributed by atoms with E-state index in [9.17, 15) is 0 Å². The highest BCUT2D eigenvalue weighted by Gasteiger charge is 2.11. The molecule has 0 bridgehead atoms. The third-order valence-electron chi connectivity index (χ3n) is 2.29. The summed E-state index contributed by atoms with van der Waals surface area (Å²) in [4.78, 5) is 0. The molecule has 4 nitrogen and oxygen atoms in total. The fourth-order valence-electron chi connectivity index (χ4n) is 1.41. The minimum atomic E-state index is -0.340. The van der Waals surface area contributed by atoms with Gasteiger partial charge in [-0.15, -0.1) is 0 Å². The molecular weight excluding hydrogens is 284 g/mol. The highest BCUT2D eigenvalue weighted by Crippen LogP contribution is 2.27. The molecule has 0 aliphatic heterocycles. The van der Waals surface area contributed by atoms with Crippen LogP contribution in [0, 0.1) is 11.3 Å². The summed E-state index contributed by atoms with van der Waals surface area (Å²) in [5, 5.41) is 12.2. The zero-order chi connectivity index (χ0) is 12.7. The summed E-state index contributed by atoms with van der Waals surface area (Å²) in [7, 11) is 3.24. The lowest BCUT2D eigenvalue weighted by Crippen LogP contribution is -2.23. The number of hydrogen-bond donors (Lipinski definition) is 1. The van der Waals surface area contributed by atoms with Crippen LogP contribution in [0.3, 0.4) is 0 Å². The minimum Gasteiger partial charge on any atom is -0.496 e. The lowest BCUT2D eigenvalue weighted by molar-refractivity contribution is 0.198. The van der Waals surface area contributed by atoms with Crippen molar-refractivity contribution < 1.29 is 9.47 Å². The lowest BCUT2D eigenvalue weighted by Gasteiger charge is -2.13. The Morgan fingerprint density at radius 3 is 2.76 bits per heavy atom. The van der Waals surface area contributed by atoms with Crippen LogP contribution in [0.4, 0.5) is 0 Å². The fraction of sp³-hybridized carbons (Fsp3) is 0.417. The molecule has 5 heteroatoms. The van der Waals surface area contributed by atoms with Crippen LogP contribution in [0.1, 0.15) is 11.6 Å². The van der Waals surface area contributed by atoms with E-state index in [1.54, 1.807) is 14.2 Å². The van der Waals surface area contributed by atoms with Gasteiger partial charge in [-0.2, -0.15) is 5.26 Å². The first-order chi connectivity index (χ1) is 8.22. The number of nitrogens with one attached hydrogen (secondary N) is 1.